The summed E-state index contributed by atoms with van der Waals surface area (Å²) in [7, 11) is 3.14. The summed E-state index contributed by atoms with van der Waals surface area (Å²) in [4.78, 5) is 0. The second-order valence-electron chi connectivity index (χ2n) is 1.73. The van der Waals surface area contributed by atoms with Gasteiger partial charge in [-0.25, -0.2) is 0 Å². The maximum absolute atomic E-state index is 8.43. The lowest BCUT2D eigenvalue weighted by atomic mass is 10.3. The lowest BCUT2D eigenvalue weighted by Crippen LogP contribution is -1.93. The Balaban J connectivity index is 3.70. The minimum absolute atomic E-state index is 0.361. The van der Waals surface area contributed by atoms with Crippen LogP contribution in [0, 0.1) is 11.3 Å². The van der Waals surface area contributed by atoms with Gasteiger partial charge in [0.2, 0.25) is 0 Å². The molecule has 0 aliphatic rings. The predicted octanol–water partition coefficient (Wildman–Crippen LogP) is 0.729. The summed E-state index contributed by atoms with van der Waals surface area (Å²) in [5.41, 5.74) is 0.601. The van der Waals surface area contributed by atoms with Crippen LogP contribution in [0.1, 0.15) is 0 Å². The topological polar surface area (TPSA) is 42.2 Å². The SMILES string of the molecule is COC/C=C(/C#N)COC. The molecule has 0 atom stereocenters. The van der Waals surface area contributed by atoms with Gasteiger partial charge in [0.05, 0.1) is 24.9 Å². The molecule has 0 aliphatic heterocycles. The largest absolute Gasteiger partial charge is 0.381 e. The van der Waals surface area contributed by atoms with E-state index < -0.39 is 0 Å². The molecule has 0 rings (SSSR count). The standard InChI is InChI=1S/C7H11NO2/c1-9-4-3-7(5-8)6-10-2/h3H,4,6H2,1-2H3/b7-3-. The Morgan fingerprint density at radius 1 is 1.50 bits per heavy atom. The van der Waals surface area contributed by atoms with Crippen molar-refractivity contribution >= 4 is 0 Å². The van der Waals surface area contributed by atoms with E-state index in [0.717, 1.165) is 0 Å². The van der Waals surface area contributed by atoms with Gasteiger partial charge in [-0.3, -0.25) is 0 Å². The van der Waals surface area contributed by atoms with Gasteiger partial charge in [0, 0.05) is 14.2 Å². The van der Waals surface area contributed by atoms with Gasteiger partial charge < -0.3 is 9.47 Å². The molecule has 0 N–H and O–H groups in total. The highest BCUT2D eigenvalue weighted by Gasteiger charge is 1.90. The molecule has 0 aromatic carbocycles. The quantitative estimate of drug-likeness (QED) is 0.542. The van der Waals surface area contributed by atoms with Crippen LogP contribution in [-0.4, -0.2) is 27.4 Å². The molecule has 0 saturated heterocycles. The van der Waals surface area contributed by atoms with Crippen molar-refractivity contribution in [3.63, 3.8) is 0 Å². The third-order valence-electron chi connectivity index (χ3n) is 0.940. The van der Waals surface area contributed by atoms with Gasteiger partial charge in [-0.1, -0.05) is 0 Å². The van der Waals surface area contributed by atoms with E-state index in [4.69, 9.17) is 14.7 Å². The molecule has 10 heavy (non-hydrogen) atoms. The molecule has 3 nitrogen and oxygen atoms in total. The van der Waals surface area contributed by atoms with E-state index in [2.05, 4.69) is 0 Å². The molecular weight excluding hydrogens is 130 g/mol. The molecular formula is C7H11NO2. The first-order chi connectivity index (χ1) is 4.85. The minimum atomic E-state index is 0.361. The van der Waals surface area contributed by atoms with Gasteiger partial charge in [-0.05, 0) is 6.08 Å². The zero-order chi connectivity index (χ0) is 7.82. The summed E-state index contributed by atoms with van der Waals surface area (Å²) in [6.45, 7) is 0.826. The van der Waals surface area contributed by atoms with Crippen LogP contribution in [0.3, 0.4) is 0 Å². The van der Waals surface area contributed by atoms with Crippen molar-refractivity contribution in [3.8, 4) is 6.07 Å². The molecule has 0 spiro atoms. The van der Waals surface area contributed by atoms with Gasteiger partial charge in [0.25, 0.3) is 0 Å². The summed E-state index contributed by atoms with van der Waals surface area (Å²) in [6, 6.07) is 1.99. The van der Waals surface area contributed by atoms with Gasteiger partial charge in [0.1, 0.15) is 0 Å². The molecule has 3 heteroatoms. The minimum Gasteiger partial charge on any atom is -0.381 e. The third-order valence-corrected chi connectivity index (χ3v) is 0.940. The lowest BCUT2D eigenvalue weighted by Gasteiger charge is -1.94. The Bertz CT molecular complexity index is 146. The van der Waals surface area contributed by atoms with E-state index in [0.29, 0.717) is 18.8 Å². The summed E-state index contributed by atoms with van der Waals surface area (Å²) < 4.78 is 9.48. The van der Waals surface area contributed by atoms with E-state index >= 15 is 0 Å². The normalized spacial score (nSPS) is 11.1. The van der Waals surface area contributed by atoms with E-state index in [9.17, 15) is 0 Å². The molecule has 0 bridgehead atoms. The fourth-order valence-electron chi connectivity index (χ4n) is 0.476. The number of rotatable bonds is 4. The number of hydrogen-bond donors (Lipinski definition) is 0. The fraction of sp³-hybridized carbons (Fsp3) is 0.571. The number of ether oxygens (including phenoxy) is 2. The molecule has 0 heterocycles. The van der Waals surface area contributed by atoms with E-state index in [1.165, 1.54) is 0 Å². The van der Waals surface area contributed by atoms with Crippen LogP contribution in [0.5, 0.6) is 0 Å². The Kier molecular flexibility index (Phi) is 5.74. The smallest absolute Gasteiger partial charge is 0.0969 e. The highest BCUT2D eigenvalue weighted by Crippen LogP contribution is 1.91. The van der Waals surface area contributed by atoms with E-state index in [-0.39, 0.29) is 0 Å². The highest BCUT2D eigenvalue weighted by atomic mass is 16.5. The van der Waals surface area contributed by atoms with Crippen LogP contribution in [0.2, 0.25) is 0 Å². The molecule has 56 valence electrons. The number of hydrogen-bond acceptors (Lipinski definition) is 3. The molecule has 0 radical (unpaired) electrons. The Labute approximate surface area is 60.9 Å². The predicted molar refractivity (Wildman–Crippen MR) is 37.4 cm³/mol. The van der Waals surface area contributed by atoms with Crippen LogP contribution in [0.15, 0.2) is 11.6 Å². The van der Waals surface area contributed by atoms with Gasteiger partial charge in [-0.2, -0.15) is 5.26 Å². The zero-order valence-electron chi connectivity index (χ0n) is 6.26. The van der Waals surface area contributed by atoms with Crippen molar-refractivity contribution in [3.05, 3.63) is 11.6 Å². The van der Waals surface area contributed by atoms with Gasteiger partial charge in [-0.15, -0.1) is 0 Å². The van der Waals surface area contributed by atoms with Crippen LogP contribution < -0.4 is 0 Å². The van der Waals surface area contributed by atoms with Gasteiger partial charge in [0.15, 0.2) is 0 Å². The fourth-order valence-corrected chi connectivity index (χ4v) is 0.476. The molecule has 0 saturated carbocycles. The van der Waals surface area contributed by atoms with Crippen LogP contribution in [0.4, 0.5) is 0 Å². The van der Waals surface area contributed by atoms with Crippen LogP contribution in [-0.2, 0) is 9.47 Å². The summed E-state index contributed by atoms with van der Waals surface area (Å²) >= 11 is 0. The zero-order valence-corrected chi connectivity index (χ0v) is 6.26. The highest BCUT2D eigenvalue weighted by molar-refractivity contribution is 5.20. The molecule has 0 unspecified atom stereocenters. The number of nitrogens with zero attached hydrogens (tertiary/aromatic N) is 1. The first-order valence-corrected chi connectivity index (χ1v) is 2.92. The molecule has 0 amide bonds. The van der Waals surface area contributed by atoms with E-state index in [1.54, 1.807) is 20.3 Å². The van der Waals surface area contributed by atoms with Crippen LogP contribution in [0.25, 0.3) is 0 Å². The van der Waals surface area contributed by atoms with Crippen molar-refractivity contribution in [2.24, 2.45) is 0 Å². The average molecular weight is 141 g/mol. The maximum Gasteiger partial charge on any atom is 0.0969 e. The summed E-state index contributed by atoms with van der Waals surface area (Å²) in [5.74, 6) is 0. The number of nitriles is 1. The second-order valence-corrected chi connectivity index (χ2v) is 1.73. The summed E-state index contributed by atoms with van der Waals surface area (Å²) in [6.07, 6.45) is 1.70. The van der Waals surface area contributed by atoms with Crippen LogP contribution >= 0.6 is 0 Å². The maximum atomic E-state index is 8.43. The molecule has 0 fully saturated rings. The molecule has 0 aromatic heterocycles. The van der Waals surface area contributed by atoms with Crippen molar-refractivity contribution in [1.82, 2.24) is 0 Å². The van der Waals surface area contributed by atoms with Gasteiger partial charge >= 0.3 is 0 Å². The average Bonchev–Trinajstić information content (AvgIpc) is 1.98. The lowest BCUT2D eigenvalue weighted by molar-refractivity contribution is 0.219. The first kappa shape index (κ1) is 9.15. The number of methoxy groups -OCH3 is 2. The van der Waals surface area contributed by atoms with Crippen molar-refractivity contribution in [2.45, 2.75) is 0 Å². The van der Waals surface area contributed by atoms with Crippen molar-refractivity contribution < 1.29 is 9.47 Å². The van der Waals surface area contributed by atoms with Crippen molar-refractivity contribution in [1.29, 1.82) is 5.26 Å². The summed E-state index contributed by atoms with van der Waals surface area (Å²) in [5, 5.41) is 8.43. The Hall–Kier alpha value is -0.850. The monoisotopic (exact) mass is 141 g/mol. The molecule has 0 aromatic rings. The first-order valence-electron chi connectivity index (χ1n) is 2.92. The Morgan fingerprint density at radius 3 is 2.60 bits per heavy atom. The second kappa shape index (κ2) is 6.27. The van der Waals surface area contributed by atoms with Crippen molar-refractivity contribution in [2.75, 3.05) is 27.4 Å². The Morgan fingerprint density at radius 2 is 2.20 bits per heavy atom. The molecule has 0 aliphatic carbocycles. The van der Waals surface area contributed by atoms with E-state index in [1.807, 2.05) is 6.07 Å². The third kappa shape index (κ3) is 4.07.